The molecule has 4 N–H and O–H groups in total. The molecule has 0 spiro atoms. The molecule has 23 heavy (non-hydrogen) atoms. The van der Waals surface area contributed by atoms with Crippen molar-refractivity contribution in [1.29, 1.82) is 0 Å². The number of hydrogen-bond acceptors (Lipinski definition) is 6. The quantitative estimate of drug-likeness (QED) is 0.214. The van der Waals surface area contributed by atoms with Crippen LogP contribution in [0.1, 0.15) is 26.7 Å². The summed E-state index contributed by atoms with van der Waals surface area (Å²) in [5.41, 5.74) is 0. The minimum absolute atomic E-state index is 0. The Balaban J connectivity index is -0.000000333. The molecule has 0 aromatic heterocycles. The molecule has 0 heterocycles. The van der Waals surface area contributed by atoms with E-state index >= 15 is 0 Å². The number of rotatable bonds is 8. The molecule has 0 aromatic rings. The monoisotopic (exact) mass is 402 g/mol. The summed E-state index contributed by atoms with van der Waals surface area (Å²) < 4.78 is 57.0. The maximum atomic E-state index is 10.2. The maximum absolute atomic E-state index is 10.2. The SMILES string of the molecule is CC(=O)NCCCS(=O)(=O)O.CC(=O)NCCCS(=O)(=O)O.[Ca]. The Labute approximate surface area is 166 Å². The summed E-state index contributed by atoms with van der Waals surface area (Å²) in [6.07, 6.45) is 0.469. The molecule has 0 unspecified atom stereocenters. The number of carbonyl (C=O) groups is 2. The van der Waals surface area contributed by atoms with E-state index in [1.54, 1.807) is 0 Å². The van der Waals surface area contributed by atoms with E-state index in [9.17, 15) is 26.4 Å². The molecule has 0 saturated carbocycles. The van der Waals surface area contributed by atoms with Crippen molar-refractivity contribution in [2.24, 2.45) is 0 Å². The fraction of sp³-hybridized carbons (Fsp3) is 0.800. The summed E-state index contributed by atoms with van der Waals surface area (Å²) in [4.78, 5) is 20.5. The van der Waals surface area contributed by atoms with Gasteiger partial charge < -0.3 is 10.6 Å². The molecule has 0 atom stereocenters. The van der Waals surface area contributed by atoms with Crippen molar-refractivity contribution in [2.45, 2.75) is 26.7 Å². The fourth-order valence-corrected chi connectivity index (χ4v) is 2.06. The number of nitrogens with one attached hydrogen (secondary N) is 2. The van der Waals surface area contributed by atoms with Crippen molar-refractivity contribution in [3.63, 3.8) is 0 Å². The van der Waals surface area contributed by atoms with Crippen LogP contribution in [0.4, 0.5) is 0 Å². The number of amides is 2. The van der Waals surface area contributed by atoms with E-state index in [-0.39, 0.29) is 87.0 Å². The van der Waals surface area contributed by atoms with Crippen LogP contribution >= 0.6 is 0 Å². The molecule has 0 aliphatic rings. The van der Waals surface area contributed by atoms with E-state index in [4.69, 9.17) is 9.11 Å². The first-order valence-corrected chi connectivity index (χ1v) is 9.44. The summed E-state index contributed by atoms with van der Waals surface area (Å²) in [5.74, 6) is -1.04. The summed E-state index contributed by atoms with van der Waals surface area (Å²) in [6, 6.07) is 0. The van der Waals surface area contributed by atoms with Gasteiger partial charge in [0, 0.05) is 64.7 Å². The molecule has 0 rings (SSSR count). The first-order chi connectivity index (χ1) is 9.83. The molecule has 13 heteroatoms. The van der Waals surface area contributed by atoms with Gasteiger partial charge >= 0.3 is 0 Å². The van der Waals surface area contributed by atoms with Crippen LogP contribution < -0.4 is 10.6 Å². The van der Waals surface area contributed by atoms with Crippen LogP contribution in [0.2, 0.25) is 0 Å². The van der Waals surface area contributed by atoms with Crippen molar-refractivity contribution in [3.05, 3.63) is 0 Å². The Morgan fingerprint density at radius 1 is 0.783 bits per heavy atom. The third kappa shape index (κ3) is 34.4. The van der Waals surface area contributed by atoms with E-state index in [1.807, 2.05) is 0 Å². The van der Waals surface area contributed by atoms with Crippen LogP contribution in [-0.2, 0) is 29.8 Å². The van der Waals surface area contributed by atoms with Gasteiger partial charge in [0.1, 0.15) is 0 Å². The van der Waals surface area contributed by atoms with Gasteiger partial charge in [-0.05, 0) is 12.8 Å². The zero-order chi connectivity index (χ0) is 17.8. The van der Waals surface area contributed by atoms with Crippen molar-refractivity contribution in [3.8, 4) is 0 Å². The van der Waals surface area contributed by atoms with Gasteiger partial charge in [0.2, 0.25) is 11.8 Å². The summed E-state index contributed by atoms with van der Waals surface area (Å²) >= 11 is 0. The summed E-state index contributed by atoms with van der Waals surface area (Å²) in [6.45, 7) is 3.23. The summed E-state index contributed by atoms with van der Waals surface area (Å²) in [7, 11) is -7.75. The topological polar surface area (TPSA) is 167 Å². The first-order valence-electron chi connectivity index (χ1n) is 6.22. The maximum Gasteiger partial charge on any atom is 0.264 e. The minimum atomic E-state index is -3.87. The Bertz CT molecular complexity index is 497. The molecule has 10 nitrogen and oxygen atoms in total. The van der Waals surface area contributed by atoms with Gasteiger partial charge in [0.05, 0.1) is 11.5 Å². The molecule has 2 radical (unpaired) electrons. The zero-order valence-corrected chi connectivity index (χ0v) is 17.0. The molecule has 2 amide bonds. The third-order valence-corrected chi connectivity index (χ3v) is 3.52. The molecule has 0 aliphatic heterocycles. The summed E-state index contributed by atoms with van der Waals surface area (Å²) in [5, 5.41) is 4.81. The predicted octanol–water partition coefficient (Wildman–Crippen LogP) is -1.58. The minimum Gasteiger partial charge on any atom is -0.356 e. The van der Waals surface area contributed by atoms with Gasteiger partial charge in [-0.25, -0.2) is 0 Å². The van der Waals surface area contributed by atoms with E-state index in [1.165, 1.54) is 13.8 Å². The Morgan fingerprint density at radius 2 is 1.04 bits per heavy atom. The number of carbonyl (C=O) groups excluding carboxylic acids is 2. The van der Waals surface area contributed by atoms with Gasteiger partial charge in [-0.2, -0.15) is 16.8 Å². The molecule has 0 saturated heterocycles. The van der Waals surface area contributed by atoms with Gasteiger partial charge in [-0.15, -0.1) is 0 Å². The van der Waals surface area contributed by atoms with Crippen LogP contribution in [0.25, 0.3) is 0 Å². The average molecular weight is 403 g/mol. The number of hydrogen-bond donors (Lipinski definition) is 4. The van der Waals surface area contributed by atoms with Gasteiger partial charge in [0.25, 0.3) is 20.2 Å². The normalized spacial score (nSPS) is 10.6. The molecule has 134 valence electrons. The third-order valence-electron chi connectivity index (χ3n) is 1.91. The molecule has 0 fully saturated rings. The second kappa shape index (κ2) is 14.4. The second-order valence-electron chi connectivity index (χ2n) is 4.25. The van der Waals surface area contributed by atoms with Crippen molar-refractivity contribution in [1.82, 2.24) is 10.6 Å². The van der Waals surface area contributed by atoms with Gasteiger partial charge in [-0.1, -0.05) is 0 Å². The van der Waals surface area contributed by atoms with Crippen LogP contribution in [0, 0.1) is 0 Å². The average Bonchev–Trinajstić information content (AvgIpc) is 2.28. The molecule has 0 aromatic carbocycles. The van der Waals surface area contributed by atoms with Crippen molar-refractivity contribution < 1.29 is 35.5 Å². The molecular weight excluding hydrogens is 380 g/mol. The Hall–Kier alpha value is 0.0197. The first kappa shape index (κ1) is 27.8. The van der Waals surface area contributed by atoms with E-state index in [0.717, 1.165) is 0 Å². The fourth-order valence-electron chi connectivity index (χ4n) is 1.04. The van der Waals surface area contributed by atoms with E-state index < -0.39 is 20.2 Å². The van der Waals surface area contributed by atoms with Crippen LogP contribution in [0.15, 0.2) is 0 Å². The van der Waals surface area contributed by atoms with Crippen molar-refractivity contribution >= 4 is 69.8 Å². The van der Waals surface area contributed by atoms with E-state index in [2.05, 4.69) is 10.6 Å². The largest absolute Gasteiger partial charge is 0.356 e. The molecule has 0 bridgehead atoms. The van der Waals surface area contributed by atoms with Crippen molar-refractivity contribution in [2.75, 3.05) is 24.6 Å². The van der Waals surface area contributed by atoms with E-state index in [0.29, 0.717) is 0 Å². The van der Waals surface area contributed by atoms with Crippen LogP contribution in [0.5, 0.6) is 0 Å². The predicted molar refractivity (Wildman–Crippen MR) is 85.2 cm³/mol. The standard InChI is InChI=1S/2C5H11NO4S.Ca/c2*1-5(7)6-3-2-4-11(8,9)10;/h2*2-4H2,1H3,(H,6,7)(H,8,9,10);. The smallest absolute Gasteiger partial charge is 0.264 e. The van der Waals surface area contributed by atoms with Gasteiger partial charge in [0.15, 0.2) is 0 Å². The zero-order valence-electron chi connectivity index (χ0n) is 13.1. The molecular formula is C10H22CaN2O8S2. The Kier molecular flexibility index (Phi) is 17.4. The van der Waals surface area contributed by atoms with Crippen LogP contribution in [0.3, 0.4) is 0 Å². The van der Waals surface area contributed by atoms with Crippen LogP contribution in [-0.4, -0.2) is 100 Å². The Morgan fingerprint density at radius 3 is 1.22 bits per heavy atom. The molecule has 0 aliphatic carbocycles. The van der Waals surface area contributed by atoms with Gasteiger partial charge in [-0.3, -0.25) is 18.7 Å². The second-order valence-corrected chi connectivity index (χ2v) is 7.39.